The Morgan fingerprint density at radius 1 is 1.07 bits per heavy atom. The van der Waals surface area contributed by atoms with Gasteiger partial charge in [-0.05, 0) is 30.2 Å². The molecule has 0 aliphatic carbocycles. The number of para-hydroxylation sites is 1. The van der Waals surface area contributed by atoms with Gasteiger partial charge in [0.05, 0.1) is 12.7 Å². The number of hydrogen-bond donors (Lipinski definition) is 0. The summed E-state index contributed by atoms with van der Waals surface area (Å²) in [4.78, 5) is 11.8. The smallest absolute Gasteiger partial charge is 0.330 e. The molecule has 0 fully saturated rings. The van der Waals surface area contributed by atoms with Crippen LogP contribution in [0.2, 0.25) is 0 Å². The number of carbonyl (C=O) groups is 1. The third-order valence-corrected chi connectivity index (χ3v) is 3.81. The number of nitrogens with zero attached hydrogens (tertiary/aromatic N) is 3. The minimum absolute atomic E-state index is 0.179. The quantitative estimate of drug-likeness (QED) is 0.349. The number of aromatic nitrogens is 3. The highest BCUT2D eigenvalue weighted by Gasteiger charge is 2.02. The lowest BCUT2D eigenvalue weighted by Crippen LogP contribution is -2.10. The maximum atomic E-state index is 11.8. The van der Waals surface area contributed by atoms with Crippen molar-refractivity contribution in [2.45, 2.75) is 13.5 Å². The number of hydrogen-bond acceptors (Lipinski definition) is 5. The average molecular weight is 363 g/mol. The number of esters is 1. The lowest BCUT2D eigenvalue weighted by Gasteiger charge is -2.08. The van der Waals surface area contributed by atoms with Gasteiger partial charge in [0.2, 0.25) is 0 Å². The first kappa shape index (κ1) is 18.4. The molecule has 0 unspecified atom stereocenters. The maximum Gasteiger partial charge on any atom is 0.330 e. The molecule has 2 aromatic carbocycles. The highest BCUT2D eigenvalue weighted by molar-refractivity contribution is 5.86. The van der Waals surface area contributed by atoms with Crippen LogP contribution in [0, 0.1) is 6.92 Å². The van der Waals surface area contributed by atoms with E-state index in [9.17, 15) is 4.79 Å². The molecular weight excluding hydrogens is 342 g/mol. The van der Waals surface area contributed by atoms with E-state index in [0.29, 0.717) is 18.8 Å². The van der Waals surface area contributed by atoms with Gasteiger partial charge in [-0.2, -0.15) is 0 Å². The van der Waals surface area contributed by atoms with Crippen molar-refractivity contribution in [2.24, 2.45) is 0 Å². The number of carbonyl (C=O) groups excluding carboxylic acids is 1. The Hall–Kier alpha value is -3.41. The third-order valence-electron chi connectivity index (χ3n) is 3.81. The SMILES string of the molecule is Cc1ccccc1OCCOC(=O)/C=C/c1cn(Cc2ccccc2)nn1. The van der Waals surface area contributed by atoms with Crippen molar-refractivity contribution < 1.29 is 14.3 Å². The summed E-state index contributed by atoms with van der Waals surface area (Å²) in [7, 11) is 0. The second-order valence-electron chi connectivity index (χ2n) is 5.94. The molecule has 0 atom stereocenters. The molecule has 1 heterocycles. The molecule has 3 rings (SSSR count). The number of benzene rings is 2. The van der Waals surface area contributed by atoms with E-state index < -0.39 is 5.97 Å². The average Bonchev–Trinajstić information content (AvgIpc) is 3.13. The van der Waals surface area contributed by atoms with Gasteiger partial charge < -0.3 is 9.47 Å². The first-order valence-electron chi connectivity index (χ1n) is 8.68. The van der Waals surface area contributed by atoms with Gasteiger partial charge in [0.25, 0.3) is 0 Å². The van der Waals surface area contributed by atoms with Crippen LogP contribution in [0.25, 0.3) is 6.08 Å². The van der Waals surface area contributed by atoms with Crippen LogP contribution in [0.5, 0.6) is 5.75 Å². The van der Waals surface area contributed by atoms with E-state index >= 15 is 0 Å². The molecule has 0 amide bonds. The summed E-state index contributed by atoms with van der Waals surface area (Å²) >= 11 is 0. The predicted molar refractivity (Wildman–Crippen MR) is 102 cm³/mol. The van der Waals surface area contributed by atoms with Crippen molar-refractivity contribution in [3.8, 4) is 5.75 Å². The lowest BCUT2D eigenvalue weighted by molar-refractivity contribution is -0.138. The van der Waals surface area contributed by atoms with Gasteiger partial charge in [0.1, 0.15) is 24.7 Å². The monoisotopic (exact) mass is 363 g/mol. The topological polar surface area (TPSA) is 66.2 Å². The summed E-state index contributed by atoms with van der Waals surface area (Å²) < 4.78 is 12.4. The molecule has 0 radical (unpaired) electrons. The van der Waals surface area contributed by atoms with Crippen molar-refractivity contribution >= 4 is 12.0 Å². The molecular formula is C21H21N3O3. The van der Waals surface area contributed by atoms with Crippen LogP contribution in [-0.2, 0) is 16.1 Å². The standard InChI is InChI=1S/C21H21N3O3/c1-17-7-5-6-10-20(17)26-13-14-27-21(25)12-11-19-16-24(23-22-19)15-18-8-3-2-4-9-18/h2-12,16H,13-15H2,1H3/b12-11+. The Kier molecular flexibility index (Phi) is 6.35. The molecule has 27 heavy (non-hydrogen) atoms. The summed E-state index contributed by atoms with van der Waals surface area (Å²) in [6, 6.07) is 17.7. The molecule has 6 heteroatoms. The Balaban J connectivity index is 1.41. The summed E-state index contributed by atoms with van der Waals surface area (Å²) in [6.45, 7) is 3.08. The highest BCUT2D eigenvalue weighted by Crippen LogP contribution is 2.15. The normalized spacial score (nSPS) is 10.9. The number of aryl methyl sites for hydroxylation is 1. The largest absolute Gasteiger partial charge is 0.490 e. The van der Waals surface area contributed by atoms with Crippen LogP contribution in [-0.4, -0.2) is 34.2 Å². The first-order chi connectivity index (χ1) is 13.2. The van der Waals surface area contributed by atoms with Crippen LogP contribution in [0.15, 0.2) is 66.9 Å². The fourth-order valence-electron chi connectivity index (χ4n) is 2.45. The lowest BCUT2D eigenvalue weighted by atomic mass is 10.2. The second-order valence-corrected chi connectivity index (χ2v) is 5.94. The van der Waals surface area contributed by atoms with Crippen LogP contribution in [0.1, 0.15) is 16.8 Å². The zero-order valence-electron chi connectivity index (χ0n) is 15.1. The Labute approximate surface area is 158 Å². The molecule has 3 aromatic rings. The maximum absolute atomic E-state index is 11.8. The van der Waals surface area contributed by atoms with Crippen LogP contribution in [0.3, 0.4) is 0 Å². The van der Waals surface area contributed by atoms with E-state index in [1.807, 2.05) is 61.5 Å². The minimum atomic E-state index is -0.444. The molecule has 138 valence electrons. The van der Waals surface area contributed by atoms with Crippen molar-refractivity contribution in [1.82, 2.24) is 15.0 Å². The summed E-state index contributed by atoms with van der Waals surface area (Å²) in [5, 5.41) is 8.07. The van der Waals surface area contributed by atoms with Crippen molar-refractivity contribution in [3.63, 3.8) is 0 Å². The van der Waals surface area contributed by atoms with E-state index in [1.165, 1.54) is 6.08 Å². The van der Waals surface area contributed by atoms with Gasteiger partial charge in [-0.25, -0.2) is 9.48 Å². The van der Waals surface area contributed by atoms with E-state index in [0.717, 1.165) is 16.9 Å². The molecule has 0 aliphatic rings. The van der Waals surface area contributed by atoms with E-state index in [1.54, 1.807) is 17.0 Å². The van der Waals surface area contributed by atoms with E-state index in [2.05, 4.69) is 10.3 Å². The summed E-state index contributed by atoms with van der Waals surface area (Å²) in [6.07, 6.45) is 4.70. The third kappa shape index (κ3) is 5.81. The predicted octanol–water partition coefficient (Wildman–Crippen LogP) is 3.27. The molecule has 0 bridgehead atoms. The van der Waals surface area contributed by atoms with Gasteiger partial charge >= 0.3 is 5.97 Å². The second kappa shape index (κ2) is 9.33. The highest BCUT2D eigenvalue weighted by atomic mass is 16.6. The van der Waals surface area contributed by atoms with Gasteiger partial charge in [-0.1, -0.05) is 53.7 Å². The van der Waals surface area contributed by atoms with Crippen LogP contribution < -0.4 is 4.74 Å². The first-order valence-corrected chi connectivity index (χ1v) is 8.68. The molecule has 0 aliphatic heterocycles. The zero-order chi connectivity index (χ0) is 18.9. The van der Waals surface area contributed by atoms with Crippen molar-refractivity contribution in [2.75, 3.05) is 13.2 Å². The van der Waals surface area contributed by atoms with Gasteiger partial charge in [-0.3, -0.25) is 0 Å². The van der Waals surface area contributed by atoms with Crippen molar-refractivity contribution in [1.29, 1.82) is 0 Å². The minimum Gasteiger partial charge on any atom is -0.490 e. The fourth-order valence-corrected chi connectivity index (χ4v) is 2.45. The molecule has 0 spiro atoms. The molecule has 0 saturated carbocycles. The Morgan fingerprint density at radius 2 is 1.85 bits per heavy atom. The van der Waals surface area contributed by atoms with Gasteiger partial charge in [0, 0.05) is 6.08 Å². The Bertz CT molecular complexity index is 904. The summed E-state index contributed by atoms with van der Waals surface area (Å²) in [5.41, 5.74) is 2.77. The number of ether oxygens (including phenoxy) is 2. The Morgan fingerprint density at radius 3 is 2.67 bits per heavy atom. The molecule has 0 saturated heterocycles. The zero-order valence-corrected chi connectivity index (χ0v) is 15.1. The molecule has 0 N–H and O–H groups in total. The molecule has 6 nitrogen and oxygen atoms in total. The number of rotatable bonds is 8. The van der Waals surface area contributed by atoms with E-state index in [-0.39, 0.29) is 6.61 Å². The van der Waals surface area contributed by atoms with Crippen LogP contribution >= 0.6 is 0 Å². The van der Waals surface area contributed by atoms with Crippen molar-refractivity contribution in [3.05, 3.63) is 83.7 Å². The van der Waals surface area contributed by atoms with Crippen LogP contribution in [0.4, 0.5) is 0 Å². The van der Waals surface area contributed by atoms with Gasteiger partial charge in [0.15, 0.2) is 0 Å². The summed E-state index contributed by atoms with van der Waals surface area (Å²) in [5.74, 6) is 0.347. The fraction of sp³-hybridized carbons (Fsp3) is 0.190. The van der Waals surface area contributed by atoms with E-state index in [4.69, 9.17) is 9.47 Å². The van der Waals surface area contributed by atoms with Gasteiger partial charge in [-0.15, -0.1) is 5.10 Å². The molecule has 1 aromatic heterocycles.